The van der Waals surface area contributed by atoms with Gasteiger partial charge in [-0.15, -0.1) is 11.8 Å². The van der Waals surface area contributed by atoms with Crippen LogP contribution < -0.4 is 0 Å². The van der Waals surface area contributed by atoms with Gasteiger partial charge < -0.3 is 0 Å². The minimum atomic E-state index is 1.38. The second-order valence-electron chi connectivity index (χ2n) is 1.10. The smallest absolute Gasteiger partial charge is 0.0140 e. The number of hydrogen-bond acceptors (Lipinski definition) is 1. The van der Waals surface area contributed by atoms with Crippen molar-refractivity contribution in [2.75, 3.05) is 6.26 Å². The summed E-state index contributed by atoms with van der Waals surface area (Å²) in [5.74, 6) is 0. The molecule has 0 aliphatic carbocycles. The molecule has 0 saturated carbocycles. The van der Waals surface area contributed by atoms with Gasteiger partial charge in [0.25, 0.3) is 0 Å². The largest absolute Gasteiger partial charge is 0.135 e. The van der Waals surface area contributed by atoms with Crippen LogP contribution in [-0.4, -0.2) is 6.26 Å². The van der Waals surface area contributed by atoms with E-state index >= 15 is 0 Å². The zero-order chi connectivity index (χ0) is 4.99. The van der Waals surface area contributed by atoms with Gasteiger partial charge in [0.2, 0.25) is 0 Å². The minimum absolute atomic E-state index is 1.38. The van der Waals surface area contributed by atoms with Gasteiger partial charge in [-0.1, -0.05) is 6.08 Å². The Morgan fingerprint density at radius 1 is 1.67 bits per heavy atom. The molecule has 0 aromatic rings. The number of thioether (sulfide) groups is 1. The lowest BCUT2D eigenvalue weighted by atomic mass is 10.6. The van der Waals surface area contributed by atoms with Crippen LogP contribution in [0.25, 0.3) is 0 Å². The van der Waals surface area contributed by atoms with Crippen LogP contribution in [0.4, 0.5) is 0 Å². The van der Waals surface area contributed by atoms with Gasteiger partial charge in [0.15, 0.2) is 0 Å². The first kappa shape index (κ1) is 6.09. The molecule has 0 aromatic heterocycles. The first-order valence-corrected chi connectivity index (χ1v) is 3.20. The molecule has 6 heavy (non-hydrogen) atoms. The van der Waals surface area contributed by atoms with Crippen molar-refractivity contribution in [2.45, 2.75) is 13.8 Å². The van der Waals surface area contributed by atoms with Crippen LogP contribution >= 0.6 is 11.8 Å². The maximum atomic E-state index is 2.10. The average molecular weight is 102 g/mol. The van der Waals surface area contributed by atoms with E-state index in [1.165, 1.54) is 4.91 Å². The highest BCUT2D eigenvalue weighted by atomic mass is 32.2. The fourth-order valence-electron chi connectivity index (χ4n) is 0.118. The summed E-state index contributed by atoms with van der Waals surface area (Å²) in [6, 6.07) is 0. The van der Waals surface area contributed by atoms with Gasteiger partial charge in [-0.3, -0.25) is 0 Å². The summed E-state index contributed by atoms with van der Waals surface area (Å²) in [4.78, 5) is 1.38. The van der Waals surface area contributed by atoms with Gasteiger partial charge in [-0.25, -0.2) is 0 Å². The Hall–Kier alpha value is 0.0900. The Bertz CT molecular complexity index is 55.0. The summed E-state index contributed by atoms with van der Waals surface area (Å²) in [6.07, 6.45) is 4.18. The van der Waals surface area contributed by atoms with E-state index in [9.17, 15) is 0 Å². The fraction of sp³-hybridized carbons (Fsp3) is 0.600. The Morgan fingerprint density at radius 3 is 2.17 bits per heavy atom. The average Bonchev–Trinajstić information content (AvgIpc) is 1.65. The van der Waals surface area contributed by atoms with Gasteiger partial charge >= 0.3 is 0 Å². The zero-order valence-electron chi connectivity index (χ0n) is 4.49. The van der Waals surface area contributed by atoms with Crippen LogP contribution in [0.1, 0.15) is 13.8 Å². The standard InChI is InChI=1S/C5H10S/c1-4-5(2)6-3/h4H,1-3H3/b5-4+. The van der Waals surface area contributed by atoms with Crippen molar-refractivity contribution in [2.24, 2.45) is 0 Å². The molecule has 0 rings (SSSR count). The van der Waals surface area contributed by atoms with E-state index in [0.717, 1.165) is 0 Å². The molecule has 0 heterocycles. The van der Waals surface area contributed by atoms with E-state index in [2.05, 4.69) is 19.3 Å². The second-order valence-corrected chi connectivity index (χ2v) is 2.16. The molecule has 0 nitrogen and oxygen atoms in total. The van der Waals surface area contributed by atoms with Crippen LogP contribution in [0.15, 0.2) is 11.0 Å². The molecule has 0 atom stereocenters. The molecular weight excluding hydrogens is 92.1 g/mol. The van der Waals surface area contributed by atoms with E-state index in [1.54, 1.807) is 11.8 Å². The van der Waals surface area contributed by atoms with E-state index in [1.807, 2.05) is 6.92 Å². The third kappa shape index (κ3) is 2.33. The van der Waals surface area contributed by atoms with Crippen LogP contribution in [-0.2, 0) is 0 Å². The van der Waals surface area contributed by atoms with E-state index in [0.29, 0.717) is 0 Å². The lowest BCUT2D eigenvalue weighted by molar-refractivity contribution is 1.60. The zero-order valence-corrected chi connectivity index (χ0v) is 5.30. The van der Waals surface area contributed by atoms with Gasteiger partial charge in [0.1, 0.15) is 0 Å². The van der Waals surface area contributed by atoms with Crippen molar-refractivity contribution in [1.29, 1.82) is 0 Å². The summed E-state index contributed by atoms with van der Waals surface area (Å²) >= 11 is 1.79. The van der Waals surface area contributed by atoms with Crippen molar-refractivity contribution >= 4 is 11.8 Å². The lowest BCUT2D eigenvalue weighted by Gasteiger charge is -1.84. The molecule has 0 aromatic carbocycles. The summed E-state index contributed by atoms with van der Waals surface area (Å²) in [5, 5.41) is 0. The molecule has 0 unspecified atom stereocenters. The molecule has 0 radical (unpaired) electrons. The number of hydrogen-bond donors (Lipinski definition) is 0. The van der Waals surface area contributed by atoms with Crippen LogP contribution in [0.5, 0.6) is 0 Å². The van der Waals surface area contributed by atoms with Crippen LogP contribution in [0.3, 0.4) is 0 Å². The van der Waals surface area contributed by atoms with Crippen molar-refractivity contribution in [3.8, 4) is 0 Å². The first-order valence-electron chi connectivity index (χ1n) is 1.98. The summed E-state index contributed by atoms with van der Waals surface area (Å²) in [5.41, 5.74) is 0. The lowest BCUT2D eigenvalue weighted by Crippen LogP contribution is -1.56. The predicted octanol–water partition coefficient (Wildman–Crippen LogP) is 2.27. The molecule has 36 valence electrons. The summed E-state index contributed by atoms with van der Waals surface area (Å²) < 4.78 is 0. The molecule has 0 N–H and O–H groups in total. The third-order valence-electron chi connectivity index (χ3n) is 0.729. The second kappa shape index (κ2) is 3.29. The van der Waals surface area contributed by atoms with Crippen LogP contribution in [0, 0.1) is 0 Å². The molecule has 0 amide bonds. The number of rotatable bonds is 1. The van der Waals surface area contributed by atoms with Crippen molar-refractivity contribution in [3.05, 3.63) is 11.0 Å². The third-order valence-corrected chi connectivity index (χ3v) is 1.61. The molecule has 1 heteroatoms. The molecule has 0 bridgehead atoms. The molecule has 0 fully saturated rings. The summed E-state index contributed by atoms with van der Waals surface area (Å²) in [7, 11) is 0. The minimum Gasteiger partial charge on any atom is -0.135 e. The molecular formula is C5H10S. The Kier molecular flexibility index (Phi) is 3.34. The highest BCUT2D eigenvalue weighted by Gasteiger charge is 1.73. The first-order chi connectivity index (χ1) is 2.81. The molecule has 0 aliphatic heterocycles. The van der Waals surface area contributed by atoms with E-state index in [4.69, 9.17) is 0 Å². The van der Waals surface area contributed by atoms with Crippen molar-refractivity contribution in [1.82, 2.24) is 0 Å². The predicted molar refractivity (Wildman–Crippen MR) is 32.9 cm³/mol. The summed E-state index contributed by atoms with van der Waals surface area (Å²) in [6.45, 7) is 4.15. The quantitative estimate of drug-likeness (QED) is 0.489. The fourth-order valence-corrected chi connectivity index (χ4v) is 0.354. The molecule has 0 spiro atoms. The SMILES string of the molecule is C/C=C(\C)SC. The highest BCUT2D eigenvalue weighted by molar-refractivity contribution is 8.02. The van der Waals surface area contributed by atoms with Gasteiger partial charge in [0, 0.05) is 0 Å². The van der Waals surface area contributed by atoms with Gasteiger partial charge in [-0.2, -0.15) is 0 Å². The monoisotopic (exact) mass is 102 g/mol. The van der Waals surface area contributed by atoms with Crippen molar-refractivity contribution < 1.29 is 0 Å². The van der Waals surface area contributed by atoms with Gasteiger partial charge in [0.05, 0.1) is 0 Å². The van der Waals surface area contributed by atoms with Crippen LogP contribution in [0.2, 0.25) is 0 Å². The Morgan fingerprint density at radius 2 is 2.17 bits per heavy atom. The highest BCUT2D eigenvalue weighted by Crippen LogP contribution is 2.07. The Balaban J connectivity index is 3.22. The maximum Gasteiger partial charge on any atom is -0.0140 e. The molecule has 0 aliphatic rings. The topological polar surface area (TPSA) is 0 Å². The normalized spacial score (nSPS) is 12.2. The Labute approximate surface area is 43.6 Å². The number of allylic oxidation sites excluding steroid dienone is 2. The maximum absolute atomic E-state index is 2.10. The van der Waals surface area contributed by atoms with E-state index in [-0.39, 0.29) is 0 Å². The van der Waals surface area contributed by atoms with Gasteiger partial charge in [-0.05, 0) is 25.0 Å². The van der Waals surface area contributed by atoms with Crippen molar-refractivity contribution in [3.63, 3.8) is 0 Å². The molecule has 0 saturated heterocycles. The van der Waals surface area contributed by atoms with E-state index < -0.39 is 0 Å².